The van der Waals surface area contributed by atoms with Crippen LogP contribution in [0.4, 0.5) is 0 Å². The molecule has 9 nitrogen and oxygen atoms in total. The summed E-state index contributed by atoms with van der Waals surface area (Å²) in [5.74, 6) is -7.37. The molecule has 248 valence electrons. The predicted octanol–water partition coefficient (Wildman–Crippen LogP) is 9.43. The molecule has 0 bridgehead atoms. The molecular formula is C42H27NO8. The predicted molar refractivity (Wildman–Crippen MR) is 198 cm³/mol. The quantitative estimate of drug-likeness (QED) is 0.0506. The Balaban J connectivity index is 1.53. The van der Waals surface area contributed by atoms with E-state index in [1.54, 1.807) is 30.3 Å². The summed E-state index contributed by atoms with van der Waals surface area (Å²) in [6.07, 6.45) is 0. The fourth-order valence-corrected chi connectivity index (χ4v) is 7.57. The second-order valence-electron chi connectivity index (χ2n) is 12.5. The van der Waals surface area contributed by atoms with Crippen molar-refractivity contribution in [3.63, 3.8) is 0 Å². The SMILES string of the molecule is Oc1c(O)c(O)c2c(-c3ccc(-c4ccccc4)c4ccccc34)c3c(O)c(O)c(O)c(O)c3c(-c3ccc4[nH]c5ccccc5c4c3)c2c1O. The first-order valence-electron chi connectivity index (χ1n) is 16.0. The second kappa shape index (κ2) is 10.6. The van der Waals surface area contributed by atoms with Crippen LogP contribution in [0.2, 0.25) is 0 Å². The molecule has 1 aromatic heterocycles. The zero-order chi connectivity index (χ0) is 35.3. The van der Waals surface area contributed by atoms with Gasteiger partial charge in [0.25, 0.3) is 0 Å². The topological polar surface area (TPSA) is 178 Å². The van der Waals surface area contributed by atoms with Crippen molar-refractivity contribution in [2.75, 3.05) is 0 Å². The number of aromatic hydroxyl groups is 8. The zero-order valence-electron chi connectivity index (χ0n) is 26.5. The van der Waals surface area contributed by atoms with Gasteiger partial charge in [-0.25, -0.2) is 0 Å². The van der Waals surface area contributed by atoms with E-state index in [0.29, 0.717) is 16.5 Å². The van der Waals surface area contributed by atoms with Crippen LogP contribution in [0, 0.1) is 0 Å². The van der Waals surface area contributed by atoms with E-state index in [0.717, 1.165) is 38.3 Å². The Labute approximate surface area is 288 Å². The summed E-state index contributed by atoms with van der Waals surface area (Å²) in [5.41, 5.74) is 4.13. The Bertz CT molecular complexity index is 2870. The van der Waals surface area contributed by atoms with Crippen molar-refractivity contribution in [3.8, 4) is 79.4 Å². The molecule has 0 aliphatic carbocycles. The van der Waals surface area contributed by atoms with Crippen molar-refractivity contribution in [2.24, 2.45) is 0 Å². The standard InChI is InChI=1S/C42H27NO8/c44-35-31-29(20-14-17-28-26(18-20)24-12-6-7-13-27(24)43-28)32-34(38(47)42(51)40(49)36(32)45)30(33(31)37(46)41(50)39(35)48)25-16-15-21(19-8-2-1-3-9-19)22-10-4-5-11-23(22)25/h1-18,43-51H. The summed E-state index contributed by atoms with van der Waals surface area (Å²) in [6.45, 7) is 0. The summed E-state index contributed by atoms with van der Waals surface area (Å²) in [5, 5.41) is 93.0. The second-order valence-corrected chi connectivity index (χ2v) is 12.5. The summed E-state index contributed by atoms with van der Waals surface area (Å²) >= 11 is 0. The fourth-order valence-electron chi connectivity index (χ4n) is 7.57. The number of phenols is 8. The highest BCUT2D eigenvalue weighted by atomic mass is 16.4. The lowest BCUT2D eigenvalue weighted by molar-refractivity contribution is 0.350. The van der Waals surface area contributed by atoms with E-state index in [4.69, 9.17) is 0 Å². The van der Waals surface area contributed by atoms with Gasteiger partial charge in [0, 0.05) is 54.5 Å². The molecule has 9 aromatic rings. The monoisotopic (exact) mass is 673 g/mol. The highest BCUT2D eigenvalue weighted by Gasteiger charge is 2.33. The van der Waals surface area contributed by atoms with Crippen LogP contribution in [0.1, 0.15) is 0 Å². The zero-order valence-corrected chi connectivity index (χ0v) is 26.5. The van der Waals surface area contributed by atoms with Crippen LogP contribution in [-0.4, -0.2) is 45.8 Å². The molecule has 9 rings (SSSR count). The Morgan fingerprint density at radius 2 is 0.765 bits per heavy atom. The van der Waals surface area contributed by atoms with E-state index in [-0.39, 0.29) is 32.7 Å². The molecule has 8 aromatic carbocycles. The van der Waals surface area contributed by atoms with E-state index in [1.807, 2.05) is 78.9 Å². The van der Waals surface area contributed by atoms with Gasteiger partial charge in [0.2, 0.25) is 23.0 Å². The van der Waals surface area contributed by atoms with Gasteiger partial charge in [-0.05, 0) is 51.2 Å². The first-order valence-corrected chi connectivity index (χ1v) is 16.0. The highest BCUT2D eigenvalue weighted by molar-refractivity contribution is 6.31. The molecular weight excluding hydrogens is 646 g/mol. The van der Waals surface area contributed by atoms with Gasteiger partial charge in [-0.1, -0.05) is 91.0 Å². The van der Waals surface area contributed by atoms with E-state index < -0.39 is 46.0 Å². The van der Waals surface area contributed by atoms with Crippen LogP contribution in [0.3, 0.4) is 0 Å². The third-order valence-corrected chi connectivity index (χ3v) is 9.87. The summed E-state index contributed by atoms with van der Waals surface area (Å²) in [7, 11) is 0. The van der Waals surface area contributed by atoms with E-state index in [1.165, 1.54) is 0 Å². The maximum Gasteiger partial charge on any atom is 0.204 e. The van der Waals surface area contributed by atoms with Crippen LogP contribution in [-0.2, 0) is 0 Å². The van der Waals surface area contributed by atoms with Crippen LogP contribution >= 0.6 is 0 Å². The fraction of sp³-hybridized carbons (Fsp3) is 0. The third kappa shape index (κ3) is 4.03. The molecule has 1 heterocycles. The van der Waals surface area contributed by atoms with E-state index in [2.05, 4.69) is 4.98 Å². The van der Waals surface area contributed by atoms with Crippen molar-refractivity contribution in [3.05, 3.63) is 109 Å². The lowest BCUT2D eigenvalue weighted by Crippen LogP contribution is -1.95. The number of hydrogen-bond donors (Lipinski definition) is 9. The van der Waals surface area contributed by atoms with E-state index >= 15 is 0 Å². The minimum atomic E-state index is -1.02. The third-order valence-electron chi connectivity index (χ3n) is 9.87. The maximum absolute atomic E-state index is 11.7. The number of fused-ring (bicyclic) bond motifs is 6. The van der Waals surface area contributed by atoms with Crippen molar-refractivity contribution < 1.29 is 40.9 Å². The number of aromatic nitrogens is 1. The van der Waals surface area contributed by atoms with Gasteiger partial charge in [0.1, 0.15) is 0 Å². The first-order chi connectivity index (χ1) is 24.7. The Hall–Kier alpha value is -7.26. The molecule has 51 heavy (non-hydrogen) atoms. The molecule has 0 radical (unpaired) electrons. The number of phenolic OH excluding ortho intramolecular Hbond substituents is 8. The Morgan fingerprint density at radius 3 is 1.35 bits per heavy atom. The maximum atomic E-state index is 11.7. The summed E-state index contributed by atoms with van der Waals surface area (Å²) in [6, 6.07) is 33.4. The number of nitrogens with one attached hydrogen (secondary N) is 1. The first kappa shape index (κ1) is 29.8. The number of benzene rings is 8. The van der Waals surface area contributed by atoms with Crippen molar-refractivity contribution in [1.82, 2.24) is 4.98 Å². The Morgan fingerprint density at radius 1 is 0.314 bits per heavy atom. The molecule has 0 saturated heterocycles. The lowest BCUT2D eigenvalue weighted by Gasteiger charge is -2.23. The highest BCUT2D eigenvalue weighted by Crippen LogP contribution is 2.62. The van der Waals surface area contributed by atoms with Crippen molar-refractivity contribution in [1.29, 1.82) is 0 Å². The minimum absolute atomic E-state index is 0.000987. The molecule has 0 aliphatic rings. The van der Waals surface area contributed by atoms with Gasteiger partial charge in [-0.15, -0.1) is 0 Å². The van der Waals surface area contributed by atoms with Crippen LogP contribution in [0.5, 0.6) is 46.0 Å². The smallest absolute Gasteiger partial charge is 0.204 e. The van der Waals surface area contributed by atoms with Crippen LogP contribution < -0.4 is 0 Å². The van der Waals surface area contributed by atoms with Crippen molar-refractivity contribution >= 4 is 54.1 Å². The average molecular weight is 674 g/mol. The number of H-pyrrole nitrogens is 1. The summed E-state index contributed by atoms with van der Waals surface area (Å²) in [4.78, 5) is 3.34. The molecule has 9 N–H and O–H groups in total. The molecule has 0 amide bonds. The van der Waals surface area contributed by atoms with Crippen LogP contribution in [0.25, 0.3) is 87.5 Å². The summed E-state index contributed by atoms with van der Waals surface area (Å²) < 4.78 is 0. The lowest BCUT2D eigenvalue weighted by atomic mass is 9.81. The van der Waals surface area contributed by atoms with E-state index in [9.17, 15) is 40.9 Å². The molecule has 9 heteroatoms. The number of para-hydroxylation sites is 1. The Kier molecular flexibility index (Phi) is 6.21. The molecule has 0 aliphatic heterocycles. The average Bonchev–Trinajstić information content (AvgIpc) is 3.54. The van der Waals surface area contributed by atoms with Gasteiger partial charge in [-0.3, -0.25) is 0 Å². The normalized spacial score (nSPS) is 11.8. The van der Waals surface area contributed by atoms with Crippen molar-refractivity contribution in [2.45, 2.75) is 0 Å². The van der Waals surface area contributed by atoms with Gasteiger partial charge >= 0.3 is 0 Å². The molecule has 0 spiro atoms. The largest absolute Gasteiger partial charge is 0.504 e. The number of hydrogen-bond acceptors (Lipinski definition) is 8. The number of aromatic amines is 1. The van der Waals surface area contributed by atoms with Gasteiger partial charge in [-0.2, -0.15) is 0 Å². The molecule has 0 saturated carbocycles. The van der Waals surface area contributed by atoms with Gasteiger partial charge < -0.3 is 45.8 Å². The molecule has 0 atom stereocenters. The minimum Gasteiger partial charge on any atom is -0.504 e. The number of rotatable bonds is 3. The van der Waals surface area contributed by atoms with Gasteiger partial charge in [0.05, 0.1) is 0 Å². The molecule has 0 fully saturated rings. The van der Waals surface area contributed by atoms with Gasteiger partial charge in [0.15, 0.2) is 23.0 Å². The molecule has 0 unspecified atom stereocenters. The van der Waals surface area contributed by atoms with Crippen LogP contribution in [0.15, 0.2) is 109 Å².